The molecule has 0 radical (unpaired) electrons. The molecule has 0 saturated heterocycles. The van der Waals surface area contributed by atoms with Gasteiger partial charge in [0.05, 0.1) is 11.1 Å². The summed E-state index contributed by atoms with van der Waals surface area (Å²) in [5.41, 5.74) is 1.04. The Morgan fingerprint density at radius 1 is 1.35 bits per heavy atom. The first-order chi connectivity index (χ1) is 10.9. The number of unbranched alkanes of at least 4 members (excludes halogenated alkanes) is 1. The Bertz CT molecular complexity index is 778. The molecule has 0 aliphatic heterocycles. The molecule has 2 rings (SSSR count). The predicted octanol–water partition coefficient (Wildman–Crippen LogP) is 3.06. The number of hydrogen-bond acceptors (Lipinski definition) is 5. The highest BCUT2D eigenvalue weighted by atomic mass is 32.2. The Balaban J connectivity index is 2.48. The van der Waals surface area contributed by atoms with Crippen LogP contribution in [0.3, 0.4) is 0 Å². The summed E-state index contributed by atoms with van der Waals surface area (Å²) in [4.78, 5) is 32.9. The van der Waals surface area contributed by atoms with Crippen LogP contribution in [-0.2, 0) is 11.3 Å². The number of aromatic nitrogens is 2. The average Bonchev–Trinajstić information content (AvgIpc) is 2.78. The van der Waals surface area contributed by atoms with E-state index in [-0.39, 0.29) is 11.5 Å². The van der Waals surface area contributed by atoms with Crippen molar-refractivity contribution in [2.75, 3.05) is 19.8 Å². The van der Waals surface area contributed by atoms with Gasteiger partial charge in [-0.3, -0.25) is 14.2 Å². The third-order valence-corrected chi connectivity index (χ3v) is 5.87. The van der Waals surface area contributed by atoms with Gasteiger partial charge in [0.2, 0.25) is 5.91 Å². The maximum atomic E-state index is 12.9. The molecule has 1 amide bonds. The van der Waals surface area contributed by atoms with E-state index in [9.17, 15) is 9.59 Å². The lowest BCUT2D eigenvalue weighted by Gasteiger charge is -2.13. The summed E-state index contributed by atoms with van der Waals surface area (Å²) >= 11 is 2.89. The van der Waals surface area contributed by atoms with Gasteiger partial charge in [-0.1, -0.05) is 25.1 Å². The fourth-order valence-electron chi connectivity index (χ4n) is 2.19. The number of fused-ring (bicyclic) bond motifs is 1. The number of carbonyl (C=O) groups excluding carboxylic acids is 1. The Labute approximate surface area is 144 Å². The molecule has 0 fully saturated rings. The predicted molar refractivity (Wildman–Crippen MR) is 97.7 cm³/mol. The van der Waals surface area contributed by atoms with Crippen molar-refractivity contribution in [1.82, 2.24) is 14.5 Å². The topological polar surface area (TPSA) is 55.2 Å². The van der Waals surface area contributed by atoms with E-state index in [1.54, 1.807) is 34.9 Å². The van der Waals surface area contributed by atoms with E-state index in [1.807, 2.05) is 13.8 Å². The number of rotatable bonds is 6. The fourth-order valence-corrected chi connectivity index (χ4v) is 4.26. The van der Waals surface area contributed by atoms with Crippen molar-refractivity contribution in [3.8, 4) is 0 Å². The molecule has 2 aromatic rings. The van der Waals surface area contributed by atoms with Gasteiger partial charge in [-0.2, -0.15) is 0 Å². The summed E-state index contributed by atoms with van der Waals surface area (Å²) in [6.45, 7) is 6.73. The molecule has 5 nitrogen and oxygen atoms in total. The van der Waals surface area contributed by atoms with Crippen molar-refractivity contribution in [2.24, 2.45) is 0 Å². The van der Waals surface area contributed by atoms with Crippen molar-refractivity contribution >= 4 is 39.2 Å². The molecular weight excluding hydrogens is 330 g/mol. The van der Waals surface area contributed by atoms with Crippen molar-refractivity contribution in [1.29, 1.82) is 0 Å². The highest BCUT2D eigenvalue weighted by Crippen LogP contribution is 2.28. The van der Waals surface area contributed by atoms with Gasteiger partial charge in [0.25, 0.3) is 5.56 Å². The highest BCUT2D eigenvalue weighted by molar-refractivity contribution is 7.99. The first-order valence-electron chi connectivity index (χ1n) is 7.70. The van der Waals surface area contributed by atoms with E-state index in [1.165, 1.54) is 11.8 Å². The second-order valence-electron chi connectivity index (χ2n) is 5.74. The molecule has 126 valence electrons. The average molecular weight is 354 g/mol. The molecule has 0 saturated carbocycles. The van der Waals surface area contributed by atoms with Crippen LogP contribution in [0.25, 0.3) is 10.2 Å². The fraction of sp³-hybridized carbons (Fsp3) is 0.562. The lowest BCUT2D eigenvalue weighted by atomic mass is 10.2. The van der Waals surface area contributed by atoms with E-state index >= 15 is 0 Å². The van der Waals surface area contributed by atoms with Gasteiger partial charge in [-0.05, 0) is 25.8 Å². The van der Waals surface area contributed by atoms with Crippen molar-refractivity contribution < 1.29 is 4.79 Å². The monoisotopic (exact) mass is 353 g/mol. The Morgan fingerprint density at radius 2 is 2.04 bits per heavy atom. The third kappa shape index (κ3) is 3.77. The smallest absolute Gasteiger partial charge is 0.263 e. The largest absolute Gasteiger partial charge is 0.348 e. The minimum Gasteiger partial charge on any atom is -0.348 e. The van der Waals surface area contributed by atoms with E-state index in [2.05, 4.69) is 11.9 Å². The van der Waals surface area contributed by atoms with E-state index in [0.717, 1.165) is 33.5 Å². The molecule has 0 N–H and O–H groups in total. The van der Waals surface area contributed by atoms with Gasteiger partial charge in [-0.25, -0.2) is 4.98 Å². The zero-order valence-corrected chi connectivity index (χ0v) is 15.9. The van der Waals surface area contributed by atoms with Gasteiger partial charge in [0, 0.05) is 25.5 Å². The van der Waals surface area contributed by atoms with Gasteiger partial charge < -0.3 is 4.90 Å². The summed E-state index contributed by atoms with van der Waals surface area (Å²) in [6.07, 6.45) is 1.93. The number of hydrogen-bond donors (Lipinski definition) is 0. The SMILES string of the molecule is CCCCn1c(SCC(=O)N(C)C)nc2sc(C)c(C)c2c1=O. The van der Waals surface area contributed by atoms with E-state index in [4.69, 9.17) is 0 Å². The summed E-state index contributed by atoms with van der Waals surface area (Å²) in [7, 11) is 3.46. The Morgan fingerprint density at radius 3 is 2.65 bits per heavy atom. The second-order valence-corrected chi connectivity index (χ2v) is 7.89. The molecule has 0 aliphatic rings. The normalized spacial score (nSPS) is 11.2. The lowest BCUT2D eigenvalue weighted by Crippen LogP contribution is -2.26. The molecule has 0 aromatic carbocycles. The zero-order valence-electron chi connectivity index (χ0n) is 14.3. The van der Waals surface area contributed by atoms with Crippen molar-refractivity contribution in [3.63, 3.8) is 0 Å². The maximum Gasteiger partial charge on any atom is 0.263 e. The second kappa shape index (κ2) is 7.49. The van der Waals surface area contributed by atoms with Gasteiger partial charge in [0.15, 0.2) is 5.16 Å². The van der Waals surface area contributed by atoms with Crippen molar-refractivity contribution in [3.05, 3.63) is 20.8 Å². The number of thioether (sulfide) groups is 1. The van der Waals surface area contributed by atoms with Crippen LogP contribution in [0, 0.1) is 13.8 Å². The molecule has 7 heteroatoms. The van der Waals surface area contributed by atoms with Crippen LogP contribution in [0.1, 0.15) is 30.2 Å². The van der Waals surface area contributed by atoms with E-state index in [0.29, 0.717) is 17.5 Å². The first-order valence-corrected chi connectivity index (χ1v) is 9.50. The molecule has 0 aliphatic carbocycles. The van der Waals surface area contributed by atoms with Crippen LogP contribution in [0.15, 0.2) is 9.95 Å². The Hall–Kier alpha value is -1.34. The van der Waals surface area contributed by atoms with Gasteiger partial charge in [0.1, 0.15) is 4.83 Å². The molecular formula is C16H23N3O2S2. The van der Waals surface area contributed by atoms with Crippen LogP contribution in [0.4, 0.5) is 0 Å². The van der Waals surface area contributed by atoms with Crippen LogP contribution < -0.4 is 5.56 Å². The number of carbonyl (C=O) groups is 1. The van der Waals surface area contributed by atoms with Crippen LogP contribution in [0.5, 0.6) is 0 Å². The van der Waals surface area contributed by atoms with Crippen LogP contribution in [0.2, 0.25) is 0 Å². The first kappa shape index (κ1) is 18.0. The number of nitrogens with zero attached hydrogens (tertiary/aromatic N) is 3. The molecule has 0 bridgehead atoms. The molecule has 0 unspecified atom stereocenters. The summed E-state index contributed by atoms with van der Waals surface area (Å²) < 4.78 is 1.73. The standard InChI is InChI=1S/C16H23N3O2S2/c1-6-7-8-19-15(21)13-10(2)11(3)23-14(13)17-16(19)22-9-12(20)18(4)5/h6-9H2,1-5H3. The zero-order chi connectivity index (χ0) is 17.1. The molecule has 0 atom stereocenters. The van der Waals surface area contributed by atoms with Gasteiger partial charge in [-0.15, -0.1) is 11.3 Å². The molecule has 23 heavy (non-hydrogen) atoms. The van der Waals surface area contributed by atoms with Crippen LogP contribution >= 0.6 is 23.1 Å². The van der Waals surface area contributed by atoms with Crippen LogP contribution in [-0.4, -0.2) is 40.2 Å². The summed E-state index contributed by atoms with van der Waals surface area (Å²) in [5.74, 6) is 0.311. The lowest BCUT2D eigenvalue weighted by molar-refractivity contribution is -0.125. The quantitative estimate of drug-likeness (QED) is 0.592. The van der Waals surface area contributed by atoms with Crippen molar-refractivity contribution in [2.45, 2.75) is 45.3 Å². The summed E-state index contributed by atoms with van der Waals surface area (Å²) in [5, 5.41) is 1.37. The third-order valence-electron chi connectivity index (χ3n) is 3.81. The minimum atomic E-state index is 0.0185. The van der Waals surface area contributed by atoms with E-state index < -0.39 is 0 Å². The molecule has 2 aromatic heterocycles. The summed E-state index contributed by atoms with van der Waals surface area (Å²) in [6, 6.07) is 0. The highest BCUT2D eigenvalue weighted by Gasteiger charge is 2.17. The molecule has 0 spiro atoms. The van der Waals surface area contributed by atoms with Gasteiger partial charge >= 0.3 is 0 Å². The number of aryl methyl sites for hydroxylation is 2. The minimum absolute atomic E-state index is 0.0185. The Kier molecular flexibility index (Phi) is 5.86. The maximum absolute atomic E-state index is 12.9. The number of amides is 1. The molecule has 2 heterocycles. The number of thiophene rings is 1.